The number of hydrogen-bond donors (Lipinski definition) is 2. The third-order valence-electron chi connectivity index (χ3n) is 3.56. The van der Waals surface area contributed by atoms with Crippen LogP contribution in [-0.2, 0) is 13.0 Å². The first-order valence-electron chi connectivity index (χ1n) is 6.73. The minimum atomic E-state index is -0.141. The molecule has 2 N–H and O–H groups in total. The van der Waals surface area contributed by atoms with Crippen LogP contribution in [0.1, 0.15) is 21.5 Å². The van der Waals surface area contributed by atoms with Gasteiger partial charge in [0, 0.05) is 17.1 Å². The van der Waals surface area contributed by atoms with Gasteiger partial charge in [-0.05, 0) is 48.4 Å². The molecule has 0 atom stereocenters. The first kappa shape index (κ1) is 14.4. The van der Waals surface area contributed by atoms with Crippen molar-refractivity contribution in [3.63, 3.8) is 0 Å². The number of halogens is 2. The summed E-state index contributed by atoms with van der Waals surface area (Å²) in [5.41, 5.74) is 3.56. The van der Waals surface area contributed by atoms with Crippen LogP contribution in [0.4, 0.5) is 5.69 Å². The Hall–Kier alpha value is -1.55. The molecule has 21 heavy (non-hydrogen) atoms. The number of nitrogens with one attached hydrogen (secondary N) is 2. The second kappa shape index (κ2) is 6.06. The molecule has 0 bridgehead atoms. The Bertz CT molecular complexity index is 701. The van der Waals surface area contributed by atoms with Gasteiger partial charge in [0.25, 0.3) is 5.91 Å². The highest BCUT2D eigenvalue weighted by molar-refractivity contribution is 6.36. The van der Waals surface area contributed by atoms with Crippen LogP contribution in [0.3, 0.4) is 0 Å². The van der Waals surface area contributed by atoms with E-state index in [0.29, 0.717) is 21.3 Å². The average molecular weight is 321 g/mol. The summed E-state index contributed by atoms with van der Waals surface area (Å²) < 4.78 is 0. The number of rotatable bonds is 2. The Morgan fingerprint density at radius 3 is 2.86 bits per heavy atom. The van der Waals surface area contributed by atoms with E-state index in [2.05, 4.69) is 10.6 Å². The molecule has 1 aliphatic heterocycles. The predicted octanol–water partition coefficient (Wildman–Crippen LogP) is 3.89. The van der Waals surface area contributed by atoms with Gasteiger partial charge in [-0.25, -0.2) is 0 Å². The maximum atomic E-state index is 12.5. The Balaban J connectivity index is 1.89. The highest BCUT2D eigenvalue weighted by atomic mass is 35.5. The van der Waals surface area contributed by atoms with Crippen LogP contribution in [0.5, 0.6) is 0 Å². The summed E-state index contributed by atoms with van der Waals surface area (Å²) in [6.45, 7) is 1.69. The van der Waals surface area contributed by atoms with E-state index in [-0.39, 0.29) is 5.91 Å². The number of carbonyl (C=O) groups is 1. The van der Waals surface area contributed by atoms with Crippen LogP contribution in [0, 0.1) is 0 Å². The summed E-state index contributed by atoms with van der Waals surface area (Å²) in [7, 11) is 0. The first-order chi connectivity index (χ1) is 10.1. The SMILES string of the molecule is O=C(Nc1ccc(Cl)cc1Cl)c1cccc2c1CCNC2. The van der Waals surface area contributed by atoms with Crippen LogP contribution in [0.2, 0.25) is 10.0 Å². The van der Waals surface area contributed by atoms with Gasteiger partial charge in [0.15, 0.2) is 0 Å². The van der Waals surface area contributed by atoms with E-state index >= 15 is 0 Å². The fraction of sp³-hybridized carbons (Fsp3) is 0.188. The molecule has 0 saturated carbocycles. The van der Waals surface area contributed by atoms with E-state index in [9.17, 15) is 4.79 Å². The Labute approximate surface area is 133 Å². The standard InChI is InChI=1S/C16H14Cl2N2O/c17-11-4-5-15(14(18)8-11)20-16(21)13-3-1-2-10-9-19-7-6-12(10)13/h1-5,8,19H,6-7,9H2,(H,20,21). The normalized spacial score (nSPS) is 13.6. The van der Waals surface area contributed by atoms with Crippen molar-refractivity contribution in [1.82, 2.24) is 5.32 Å². The lowest BCUT2D eigenvalue weighted by atomic mass is 9.95. The molecule has 0 radical (unpaired) electrons. The quantitative estimate of drug-likeness (QED) is 0.881. The summed E-state index contributed by atoms with van der Waals surface area (Å²) in [4.78, 5) is 12.5. The number of benzene rings is 2. The zero-order valence-corrected chi connectivity index (χ0v) is 12.8. The molecule has 0 spiro atoms. The Morgan fingerprint density at radius 1 is 1.19 bits per heavy atom. The minimum absolute atomic E-state index is 0.141. The Kier molecular flexibility index (Phi) is 4.15. The molecule has 1 heterocycles. The molecule has 2 aromatic rings. The van der Waals surface area contributed by atoms with E-state index in [0.717, 1.165) is 25.1 Å². The zero-order chi connectivity index (χ0) is 14.8. The van der Waals surface area contributed by atoms with E-state index in [1.165, 1.54) is 5.56 Å². The third-order valence-corrected chi connectivity index (χ3v) is 4.11. The van der Waals surface area contributed by atoms with Gasteiger partial charge in [0.2, 0.25) is 0 Å². The molecular formula is C16H14Cl2N2O. The molecule has 5 heteroatoms. The molecule has 0 aromatic heterocycles. The molecule has 0 fully saturated rings. The highest BCUT2D eigenvalue weighted by Crippen LogP contribution is 2.27. The van der Waals surface area contributed by atoms with Gasteiger partial charge in [0.05, 0.1) is 10.7 Å². The summed E-state index contributed by atoms with van der Waals surface area (Å²) in [5.74, 6) is -0.141. The van der Waals surface area contributed by atoms with Crippen LogP contribution < -0.4 is 10.6 Å². The van der Waals surface area contributed by atoms with Crippen molar-refractivity contribution in [2.45, 2.75) is 13.0 Å². The summed E-state index contributed by atoms with van der Waals surface area (Å²) in [6, 6.07) is 10.8. The zero-order valence-electron chi connectivity index (χ0n) is 11.2. The monoisotopic (exact) mass is 320 g/mol. The van der Waals surface area contributed by atoms with Crippen molar-refractivity contribution in [1.29, 1.82) is 0 Å². The van der Waals surface area contributed by atoms with Gasteiger partial charge in [0.1, 0.15) is 0 Å². The second-order valence-electron chi connectivity index (χ2n) is 4.95. The lowest BCUT2D eigenvalue weighted by Crippen LogP contribution is -2.26. The van der Waals surface area contributed by atoms with Gasteiger partial charge in [-0.2, -0.15) is 0 Å². The van der Waals surface area contributed by atoms with E-state index in [4.69, 9.17) is 23.2 Å². The van der Waals surface area contributed by atoms with E-state index in [1.807, 2.05) is 18.2 Å². The molecule has 0 aliphatic carbocycles. The fourth-order valence-electron chi connectivity index (χ4n) is 2.53. The lowest BCUT2D eigenvalue weighted by molar-refractivity contribution is 0.102. The predicted molar refractivity (Wildman–Crippen MR) is 86.3 cm³/mol. The van der Waals surface area contributed by atoms with Crippen molar-refractivity contribution in [3.8, 4) is 0 Å². The smallest absolute Gasteiger partial charge is 0.255 e. The summed E-state index contributed by atoms with van der Waals surface area (Å²) in [5, 5.41) is 7.13. The molecule has 3 nitrogen and oxygen atoms in total. The van der Waals surface area contributed by atoms with Gasteiger partial charge in [-0.3, -0.25) is 4.79 Å². The number of fused-ring (bicyclic) bond motifs is 1. The van der Waals surface area contributed by atoms with E-state index < -0.39 is 0 Å². The lowest BCUT2D eigenvalue weighted by Gasteiger charge is -2.20. The van der Waals surface area contributed by atoms with Crippen molar-refractivity contribution in [3.05, 3.63) is 63.1 Å². The maximum Gasteiger partial charge on any atom is 0.255 e. The molecule has 3 rings (SSSR count). The van der Waals surface area contributed by atoms with Crippen molar-refractivity contribution < 1.29 is 4.79 Å². The average Bonchev–Trinajstić information content (AvgIpc) is 2.49. The molecule has 0 unspecified atom stereocenters. The second-order valence-corrected chi connectivity index (χ2v) is 5.79. The van der Waals surface area contributed by atoms with Crippen molar-refractivity contribution in [2.24, 2.45) is 0 Å². The number of hydrogen-bond acceptors (Lipinski definition) is 2. The van der Waals surface area contributed by atoms with Gasteiger partial charge in [-0.15, -0.1) is 0 Å². The first-order valence-corrected chi connectivity index (χ1v) is 7.48. The summed E-state index contributed by atoms with van der Waals surface area (Å²) >= 11 is 12.0. The van der Waals surface area contributed by atoms with Gasteiger partial charge < -0.3 is 10.6 Å². The topological polar surface area (TPSA) is 41.1 Å². The largest absolute Gasteiger partial charge is 0.321 e. The molecule has 1 aliphatic rings. The number of amides is 1. The van der Waals surface area contributed by atoms with Gasteiger partial charge in [-0.1, -0.05) is 35.3 Å². The summed E-state index contributed by atoms with van der Waals surface area (Å²) in [6.07, 6.45) is 0.854. The molecular weight excluding hydrogens is 307 g/mol. The van der Waals surface area contributed by atoms with Crippen LogP contribution >= 0.6 is 23.2 Å². The molecule has 2 aromatic carbocycles. The molecule has 0 saturated heterocycles. The third kappa shape index (κ3) is 3.05. The minimum Gasteiger partial charge on any atom is -0.321 e. The highest BCUT2D eigenvalue weighted by Gasteiger charge is 2.17. The Morgan fingerprint density at radius 2 is 2.05 bits per heavy atom. The molecule has 108 valence electrons. The van der Waals surface area contributed by atoms with Crippen LogP contribution in [0.15, 0.2) is 36.4 Å². The maximum absolute atomic E-state index is 12.5. The molecule has 1 amide bonds. The van der Waals surface area contributed by atoms with Crippen LogP contribution in [0.25, 0.3) is 0 Å². The van der Waals surface area contributed by atoms with Crippen molar-refractivity contribution >= 4 is 34.8 Å². The van der Waals surface area contributed by atoms with E-state index in [1.54, 1.807) is 18.2 Å². The fourth-order valence-corrected chi connectivity index (χ4v) is 2.98. The van der Waals surface area contributed by atoms with Crippen LogP contribution in [-0.4, -0.2) is 12.5 Å². The van der Waals surface area contributed by atoms with Gasteiger partial charge >= 0.3 is 0 Å². The number of anilines is 1. The van der Waals surface area contributed by atoms with Crippen molar-refractivity contribution in [2.75, 3.05) is 11.9 Å². The number of carbonyl (C=O) groups excluding carboxylic acids is 1.